The van der Waals surface area contributed by atoms with E-state index in [1.807, 2.05) is 0 Å². The molecule has 0 aromatic carbocycles. The summed E-state index contributed by atoms with van der Waals surface area (Å²) >= 11 is 0. The maximum absolute atomic E-state index is 11.3. The van der Waals surface area contributed by atoms with Crippen LogP contribution in [0.2, 0.25) is 0 Å². The number of nitrogens with zero attached hydrogens (tertiary/aromatic N) is 1. The average Bonchev–Trinajstić information content (AvgIpc) is 2.47. The fourth-order valence-corrected chi connectivity index (χ4v) is 2.23. The topological polar surface area (TPSA) is 38.7 Å². The average molecular weight is 181 g/mol. The third-order valence-corrected chi connectivity index (χ3v) is 2.91. The Morgan fingerprint density at radius 2 is 2.00 bits per heavy atom. The Morgan fingerprint density at radius 1 is 1.31 bits per heavy atom. The molecule has 2 aliphatic rings. The lowest BCUT2D eigenvalue weighted by atomic mass is 9.84. The molecule has 0 N–H and O–H groups in total. The number of cyclic esters (lactones) is 1. The summed E-state index contributed by atoms with van der Waals surface area (Å²) in [5.74, 6) is 0.851. The van der Waals surface area contributed by atoms with E-state index in [0.29, 0.717) is 11.8 Å². The van der Waals surface area contributed by atoms with Crippen LogP contribution in [0.5, 0.6) is 0 Å². The molecule has 1 unspecified atom stereocenters. The third kappa shape index (κ3) is 1.74. The Balaban J connectivity index is 2.02. The summed E-state index contributed by atoms with van der Waals surface area (Å²) in [6, 6.07) is -0.180. The molecule has 13 heavy (non-hydrogen) atoms. The predicted molar refractivity (Wildman–Crippen MR) is 49.6 cm³/mol. The summed E-state index contributed by atoms with van der Waals surface area (Å²) in [5, 5.41) is 0. The lowest BCUT2D eigenvalue weighted by molar-refractivity contribution is -0.136. The first-order valence-corrected chi connectivity index (χ1v) is 5.03. The smallest absolute Gasteiger partial charge is 0.337 e. The molecular formula is C10H15NO2. The van der Waals surface area contributed by atoms with Gasteiger partial charge in [-0.2, -0.15) is 0 Å². The van der Waals surface area contributed by atoms with E-state index >= 15 is 0 Å². The third-order valence-electron chi connectivity index (χ3n) is 2.91. The van der Waals surface area contributed by atoms with Crippen LogP contribution in [0.1, 0.15) is 39.0 Å². The van der Waals surface area contributed by atoms with Crippen LogP contribution in [0.3, 0.4) is 0 Å². The van der Waals surface area contributed by atoms with E-state index in [1.54, 1.807) is 6.92 Å². The van der Waals surface area contributed by atoms with E-state index in [9.17, 15) is 4.79 Å². The van der Waals surface area contributed by atoms with Gasteiger partial charge in [-0.25, -0.2) is 9.79 Å². The molecule has 1 saturated carbocycles. The molecule has 3 nitrogen and oxygen atoms in total. The van der Waals surface area contributed by atoms with Crippen LogP contribution in [-0.2, 0) is 9.53 Å². The second-order valence-corrected chi connectivity index (χ2v) is 3.91. The summed E-state index contributed by atoms with van der Waals surface area (Å²) in [6.45, 7) is 1.75. The van der Waals surface area contributed by atoms with Gasteiger partial charge < -0.3 is 4.74 Å². The quantitative estimate of drug-likeness (QED) is 0.579. The highest BCUT2D eigenvalue weighted by molar-refractivity contribution is 5.96. The summed E-state index contributed by atoms with van der Waals surface area (Å²) in [4.78, 5) is 15.6. The number of ether oxygens (including phenoxy) is 1. The Hall–Kier alpha value is -0.860. The molecule has 0 aromatic rings. The predicted octanol–water partition coefficient (Wildman–Crippen LogP) is 1.91. The highest BCUT2D eigenvalue weighted by Gasteiger charge is 2.34. The summed E-state index contributed by atoms with van der Waals surface area (Å²) < 4.78 is 4.94. The fourth-order valence-electron chi connectivity index (χ4n) is 2.23. The van der Waals surface area contributed by atoms with Gasteiger partial charge in [0.05, 0.1) is 0 Å². The Morgan fingerprint density at radius 3 is 2.54 bits per heavy atom. The minimum absolute atomic E-state index is 0.135. The van der Waals surface area contributed by atoms with Gasteiger partial charge in [-0.1, -0.05) is 19.3 Å². The van der Waals surface area contributed by atoms with E-state index in [1.165, 1.54) is 19.3 Å². The number of esters is 1. The van der Waals surface area contributed by atoms with Crippen LogP contribution in [-0.4, -0.2) is 17.9 Å². The van der Waals surface area contributed by atoms with Crippen LogP contribution in [0.4, 0.5) is 0 Å². The molecule has 0 radical (unpaired) electrons. The minimum atomic E-state index is -0.180. The molecule has 0 bridgehead atoms. The van der Waals surface area contributed by atoms with Gasteiger partial charge in [0.1, 0.15) is 0 Å². The minimum Gasteiger partial charge on any atom is -0.411 e. The van der Waals surface area contributed by atoms with Crippen molar-refractivity contribution in [1.29, 1.82) is 0 Å². The van der Waals surface area contributed by atoms with Crippen molar-refractivity contribution in [2.24, 2.45) is 10.9 Å². The van der Waals surface area contributed by atoms with E-state index in [-0.39, 0.29) is 12.0 Å². The molecule has 1 aliphatic carbocycles. The Labute approximate surface area is 78.2 Å². The van der Waals surface area contributed by atoms with E-state index in [0.717, 1.165) is 12.8 Å². The van der Waals surface area contributed by atoms with Crippen molar-refractivity contribution in [2.45, 2.75) is 45.1 Å². The highest BCUT2D eigenvalue weighted by Crippen LogP contribution is 2.30. The van der Waals surface area contributed by atoms with Crippen molar-refractivity contribution < 1.29 is 9.53 Å². The molecule has 72 valence electrons. The first-order chi connectivity index (χ1) is 6.27. The summed E-state index contributed by atoms with van der Waals surface area (Å²) in [5.41, 5.74) is 0. The van der Waals surface area contributed by atoms with Gasteiger partial charge in [-0.15, -0.1) is 0 Å². The van der Waals surface area contributed by atoms with Crippen molar-refractivity contribution in [3.05, 3.63) is 0 Å². The summed E-state index contributed by atoms with van der Waals surface area (Å²) in [7, 11) is 0. The van der Waals surface area contributed by atoms with Crippen molar-refractivity contribution >= 4 is 11.9 Å². The molecule has 1 heterocycles. The van der Waals surface area contributed by atoms with Gasteiger partial charge in [0.2, 0.25) is 0 Å². The van der Waals surface area contributed by atoms with Crippen molar-refractivity contribution in [3.63, 3.8) is 0 Å². The number of carbonyl (C=O) groups excluding carboxylic acids is 1. The largest absolute Gasteiger partial charge is 0.411 e. The van der Waals surface area contributed by atoms with Gasteiger partial charge in [0, 0.05) is 6.92 Å². The SMILES string of the molecule is CC1=NC(C2CCCCC2)C(=O)O1. The molecule has 0 saturated heterocycles. The normalized spacial score (nSPS) is 30.1. The van der Waals surface area contributed by atoms with Crippen molar-refractivity contribution in [1.82, 2.24) is 0 Å². The van der Waals surface area contributed by atoms with Crippen LogP contribution >= 0.6 is 0 Å². The van der Waals surface area contributed by atoms with Gasteiger partial charge >= 0.3 is 5.97 Å². The maximum atomic E-state index is 11.3. The van der Waals surface area contributed by atoms with E-state index in [4.69, 9.17) is 4.74 Å². The first-order valence-electron chi connectivity index (χ1n) is 5.03. The lowest BCUT2D eigenvalue weighted by Crippen LogP contribution is -2.26. The van der Waals surface area contributed by atoms with Gasteiger partial charge in [0.15, 0.2) is 11.9 Å². The number of carbonyl (C=O) groups is 1. The van der Waals surface area contributed by atoms with Gasteiger partial charge in [-0.05, 0) is 18.8 Å². The van der Waals surface area contributed by atoms with E-state index in [2.05, 4.69) is 4.99 Å². The van der Waals surface area contributed by atoms with E-state index < -0.39 is 0 Å². The molecule has 1 atom stereocenters. The zero-order valence-corrected chi connectivity index (χ0v) is 7.95. The molecule has 0 aromatic heterocycles. The van der Waals surface area contributed by atoms with Gasteiger partial charge in [0.25, 0.3) is 0 Å². The first kappa shape index (κ1) is 8.73. The second kappa shape index (κ2) is 3.48. The number of hydrogen-bond donors (Lipinski definition) is 0. The van der Waals surface area contributed by atoms with Crippen LogP contribution in [0.15, 0.2) is 4.99 Å². The maximum Gasteiger partial charge on any atom is 0.337 e. The zero-order valence-electron chi connectivity index (χ0n) is 7.95. The monoisotopic (exact) mass is 181 g/mol. The van der Waals surface area contributed by atoms with Crippen molar-refractivity contribution in [3.8, 4) is 0 Å². The molecule has 0 amide bonds. The number of hydrogen-bond acceptors (Lipinski definition) is 3. The lowest BCUT2D eigenvalue weighted by Gasteiger charge is -2.22. The van der Waals surface area contributed by atoms with Crippen LogP contribution in [0, 0.1) is 5.92 Å². The highest BCUT2D eigenvalue weighted by atomic mass is 16.6. The van der Waals surface area contributed by atoms with Gasteiger partial charge in [-0.3, -0.25) is 0 Å². The fraction of sp³-hybridized carbons (Fsp3) is 0.800. The molecule has 3 heteroatoms. The van der Waals surface area contributed by atoms with Crippen LogP contribution in [0.25, 0.3) is 0 Å². The Kier molecular flexibility index (Phi) is 2.34. The molecule has 1 aliphatic heterocycles. The zero-order chi connectivity index (χ0) is 9.26. The molecular weight excluding hydrogens is 166 g/mol. The molecule has 0 spiro atoms. The second-order valence-electron chi connectivity index (χ2n) is 3.91. The molecule has 1 fully saturated rings. The van der Waals surface area contributed by atoms with Crippen molar-refractivity contribution in [2.75, 3.05) is 0 Å². The number of aliphatic imine (C=N–C) groups is 1. The standard InChI is InChI=1S/C10H15NO2/c1-7-11-9(10(12)13-7)8-5-3-2-4-6-8/h8-9H,2-6H2,1H3. The summed E-state index contributed by atoms with van der Waals surface area (Å²) in [6.07, 6.45) is 6.06. The van der Waals surface area contributed by atoms with Crippen LogP contribution < -0.4 is 0 Å². The Bertz CT molecular complexity index is 241. The number of rotatable bonds is 1. The molecule has 2 rings (SSSR count).